The Morgan fingerprint density at radius 2 is 1.96 bits per heavy atom. The number of benzene rings is 1. The lowest BCUT2D eigenvalue weighted by atomic mass is 10.0. The maximum atomic E-state index is 12.8. The Morgan fingerprint density at radius 1 is 1.25 bits per heavy atom. The summed E-state index contributed by atoms with van der Waals surface area (Å²) >= 11 is 1.44. The quantitative estimate of drug-likeness (QED) is 0.624. The van der Waals surface area contributed by atoms with Crippen molar-refractivity contribution in [2.24, 2.45) is 0 Å². The monoisotopic (exact) mass is 406 g/mol. The molecule has 28 heavy (non-hydrogen) atoms. The number of nitriles is 1. The first-order valence-electron chi connectivity index (χ1n) is 8.32. The van der Waals surface area contributed by atoms with Gasteiger partial charge in [0.2, 0.25) is 17.5 Å². The molecule has 0 amide bonds. The molecule has 0 aliphatic carbocycles. The minimum absolute atomic E-state index is 0.133. The molecule has 0 spiro atoms. The number of oxazole rings is 1. The maximum Gasteiger partial charge on any atom is 0.416 e. The maximum absolute atomic E-state index is 12.8. The van der Waals surface area contributed by atoms with Crippen molar-refractivity contribution >= 4 is 17.2 Å². The van der Waals surface area contributed by atoms with Crippen LogP contribution in [-0.2, 0) is 6.18 Å². The minimum atomic E-state index is -4.37. The summed E-state index contributed by atoms with van der Waals surface area (Å²) < 4.78 is 44.0. The lowest BCUT2D eigenvalue weighted by molar-refractivity contribution is -0.137. The first kappa shape index (κ1) is 19.9. The SMILES string of the molecule is CN(C)[C@@H](CNc1oc(-c2cccs2)nc1C#N)c1ccc(C(F)(F)F)cc1. The first-order chi connectivity index (χ1) is 13.3. The van der Waals surface area contributed by atoms with Crippen LogP contribution in [0.5, 0.6) is 0 Å². The van der Waals surface area contributed by atoms with E-state index in [0.29, 0.717) is 18.0 Å². The molecule has 0 unspecified atom stereocenters. The van der Waals surface area contributed by atoms with Crippen molar-refractivity contribution in [1.29, 1.82) is 5.26 Å². The molecule has 2 aromatic heterocycles. The van der Waals surface area contributed by atoms with Gasteiger partial charge in [-0.05, 0) is 43.2 Å². The van der Waals surface area contributed by atoms with E-state index in [9.17, 15) is 18.4 Å². The van der Waals surface area contributed by atoms with Gasteiger partial charge in [-0.15, -0.1) is 11.3 Å². The summed E-state index contributed by atoms with van der Waals surface area (Å²) in [4.78, 5) is 6.86. The van der Waals surface area contributed by atoms with Gasteiger partial charge in [0.15, 0.2) is 0 Å². The van der Waals surface area contributed by atoms with E-state index in [1.54, 1.807) is 0 Å². The fraction of sp³-hybridized carbons (Fsp3) is 0.263. The number of hydrogen-bond acceptors (Lipinski definition) is 6. The number of halogens is 3. The second-order valence-electron chi connectivity index (χ2n) is 6.27. The Bertz CT molecular complexity index is 957. The van der Waals surface area contributed by atoms with E-state index in [0.717, 1.165) is 17.0 Å². The smallest absolute Gasteiger partial charge is 0.416 e. The number of thiophene rings is 1. The summed E-state index contributed by atoms with van der Waals surface area (Å²) in [6.07, 6.45) is -4.37. The zero-order valence-electron chi connectivity index (χ0n) is 15.1. The number of nitrogens with zero attached hydrogens (tertiary/aromatic N) is 3. The standard InChI is InChI=1S/C19H17F3N4OS/c1-26(2)15(12-5-7-13(8-6-12)19(20,21)22)11-24-17-14(10-23)25-18(27-17)16-4-3-9-28-16/h3-9,15,24H,11H2,1-2H3/t15-/m0/s1. The molecule has 9 heteroatoms. The summed E-state index contributed by atoms with van der Waals surface area (Å²) in [6, 6.07) is 10.5. The molecule has 0 aliphatic heterocycles. The highest BCUT2D eigenvalue weighted by Crippen LogP contribution is 2.32. The van der Waals surface area contributed by atoms with E-state index in [-0.39, 0.29) is 17.6 Å². The van der Waals surface area contributed by atoms with Crippen LogP contribution in [0.2, 0.25) is 0 Å². The molecule has 0 radical (unpaired) electrons. The molecule has 3 aromatic rings. The molecule has 0 aliphatic rings. The molecule has 3 rings (SSSR count). The number of anilines is 1. The molecule has 1 aromatic carbocycles. The average Bonchev–Trinajstić information content (AvgIpc) is 3.30. The van der Waals surface area contributed by atoms with E-state index in [1.807, 2.05) is 42.6 Å². The van der Waals surface area contributed by atoms with Crippen LogP contribution in [0.25, 0.3) is 10.8 Å². The van der Waals surface area contributed by atoms with Gasteiger partial charge in [0.25, 0.3) is 0 Å². The van der Waals surface area contributed by atoms with Crippen molar-refractivity contribution < 1.29 is 17.6 Å². The van der Waals surface area contributed by atoms with Gasteiger partial charge in [-0.25, -0.2) is 0 Å². The number of likely N-dealkylation sites (N-methyl/N-ethyl adjacent to an activating group) is 1. The van der Waals surface area contributed by atoms with Crippen LogP contribution in [0.15, 0.2) is 46.2 Å². The molecule has 0 fully saturated rings. The highest BCUT2D eigenvalue weighted by molar-refractivity contribution is 7.13. The van der Waals surface area contributed by atoms with Crippen molar-refractivity contribution in [3.8, 4) is 16.8 Å². The van der Waals surface area contributed by atoms with E-state index < -0.39 is 11.7 Å². The molecule has 0 saturated heterocycles. The van der Waals surface area contributed by atoms with Crippen molar-refractivity contribution in [3.05, 3.63) is 58.6 Å². The highest BCUT2D eigenvalue weighted by atomic mass is 32.1. The fourth-order valence-electron chi connectivity index (χ4n) is 2.70. The number of aromatic nitrogens is 1. The third-order valence-electron chi connectivity index (χ3n) is 4.17. The zero-order valence-corrected chi connectivity index (χ0v) is 15.9. The van der Waals surface area contributed by atoms with Crippen molar-refractivity contribution in [1.82, 2.24) is 9.88 Å². The Labute approximate surface area is 164 Å². The van der Waals surface area contributed by atoms with E-state index >= 15 is 0 Å². The van der Waals surface area contributed by atoms with Gasteiger partial charge in [-0.2, -0.15) is 23.4 Å². The lowest BCUT2D eigenvalue weighted by Gasteiger charge is -2.25. The molecule has 0 bridgehead atoms. The molecule has 146 valence electrons. The third kappa shape index (κ3) is 4.35. The molecular formula is C19H17F3N4OS. The molecular weight excluding hydrogens is 389 g/mol. The Kier molecular flexibility index (Phi) is 5.72. The second-order valence-corrected chi connectivity index (χ2v) is 7.21. The lowest BCUT2D eigenvalue weighted by Crippen LogP contribution is -2.27. The average molecular weight is 406 g/mol. The molecule has 0 saturated carbocycles. The third-order valence-corrected chi connectivity index (χ3v) is 5.02. The van der Waals surface area contributed by atoms with Gasteiger partial charge in [0, 0.05) is 6.54 Å². The molecule has 1 atom stereocenters. The summed E-state index contributed by atoms with van der Waals surface area (Å²) in [6.45, 7) is 0.326. The van der Waals surface area contributed by atoms with Crippen molar-refractivity contribution in [2.75, 3.05) is 26.0 Å². The van der Waals surface area contributed by atoms with Crippen molar-refractivity contribution in [3.63, 3.8) is 0 Å². The van der Waals surface area contributed by atoms with Crippen LogP contribution < -0.4 is 5.32 Å². The van der Waals surface area contributed by atoms with Gasteiger partial charge in [0.05, 0.1) is 16.5 Å². The Hall–Kier alpha value is -2.83. The summed E-state index contributed by atoms with van der Waals surface area (Å²) in [5.74, 6) is 0.592. The van der Waals surface area contributed by atoms with Crippen LogP contribution in [0, 0.1) is 11.3 Å². The van der Waals surface area contributed by atoms with Crippen LogP contribution in [0.1, 0.15) is 22.9 Å². The van der Waals surface area contributed by atoms with Gasteiger partial charge >= 0.3 is 6.18 Å². The van der Waals surface area contributed by atoms with Crippen LogP contribution in [-0.4, -0.2) is 30.5 Å². The minimum Gasteiger partial charge on any atom is -0.418 e. The summed E-state index contributed by atoms with van der Waals surface area (Å²) in [5.41, 5.74) is 0.152. The largest absolute Gasteiger partial charge is 0.418 e. The number of hydrogen-bond donors (Lipinski definition) is 1. The van der Waals surface area contributed by atoms with Gasteiger partial charge in [0.1, 0.15) is 6.07 Å². The van der Waals surface area contributed by atoms with E-state index in [1.165, 1.54) is 23.5 Å². The van der Waals surface area contributed by atoms with Crippen LogP contribution in [0.4, 0.5) is 19.1 Å². The zero-order chi connectivity index (χ0) is 20.3. The highest BCUT2D eigenvalue weighted by Gasteiger charge is 2.30. The Morgan fingerprint density at radius 3 is 2.50 bits per heavy atom. The number of rotatable bonds is 6. The summed E-state index contributed by atoms with van der Waals surface area (Å²) in [5, 5.41) is 14.2. The van der Waals surface area contributed by atoms with Crippen LogP contribution >= 0.6 is 11.3 Å². The van der Waals surface area contributed by atoms with Crippen molar-refractivity contribution in [2.45, 2.75) is 12.2 Å². The van der Waals surface area contributed by atoms with Gasteiger partial charge in [-0.3, -0.25) is 0 Å². The van der Waals surface area contributed by atoms with Gasteiger partial charge < -0.3 is 14.6 Å². The molecule has 5 nitrogen and oxygen atoms in total. The predicted molar refractivity (Wildman–Crippen MR) is 101 cm³/mol. The molecule has 2 heterocycles. The first-order valence-corrected chi connectivity index (χ1v) is 9.20. The Balaban J connectivity index is 1.78. The number of alkyl halides is 3. The fourth-order valence-corrected chi connectivity index (χ4v) is 3.35. The number of nitrogens with one attached hydrogen (secondary N) is 1. The van der Waals surface area contributed by atoms with Crippen LogP contribution in [0.3, 0.4) is 0 Å². The second kappa shape index (κ2) is 8.04. The normalized spacial score (nSPS) is 12.8. The van der Waals surface area contributed by atoms with E-state index in [4.69, 9.17) is 4.42 Å². The van der Waals surface area contributed by atoms with E-state index in [2.05, 4.69) is 10.3 Å². The topological polar surface area (TPSA) is 65.1 Å². The predicted octanol–water partition coefficient (Wildman–Crippen LogP) is 5.01. The van der Waals surface area contributed by atoms with Gasteiger partial charge in [-0.1, -0.05) is 18.2 Å². The summed E-state index contributed by atoms with van der Waals surface area (Å²) in [7, 11) is 3.65. The molecule has 1 N–H and O–H groups in total.